The van der Waals surface area contributed by atoms with Gasteiger partial charge in [0.2, 0.25) is 5.91 Å². The molecule has 1 amide bonds. The summed E-state index contributed by atoms with van der Waals surface area (Å²) in [5.41, 5.74) is 2.22. The lowest BCUT2D eigenvalue weighted by Gasteiger charge is -2.34. The molecule has 0 spiro atoms. The molecule has 0 saturated carbocycles. The molecule has 0 radical (unpaired) electrons. The first-order valence-electron chi connectivity index (χ1n) is 9.51. The maximum absolute atomic E-state index is 12.3. The van der Waals surface area contributed by atoms with Crippen molar-refractivity contribution in [2.75, 3.05) is 45.8 Å². The first-order valence-corrected chi connectivity index (χ1v) is 10.8. The molecule has 0 aliphatic carbocycles. The zero-order chi connectivity index (χ0) is 19.2. The van der Waals surface area contributed by atoms with Crippen LogP contribution >= 0.6 is 22.9 Å². The third kappa shape index (κ3) is 5.51. The van der Waals surface area contributed by atoms with Gasteiger partial charge in [0.1, 0.15) is 5.01 Å². The largest absolute Gasteiger partial charge is 0.342 e. The van der Waals surface area contributed by atoms with E-state index in [0.717, 1.165) is 67.1 Å². The van der Waals surface area contributed by atoms with Crippen LogP contribution < -0.4 is 0 Å². The second-order valence-electron chi connectivity index (χ2n) is 6.77. The van der Waals surface area contributed by atoms with E-state index in [1.54, 1.807) is 11.3 Å². The summed E-state index contributed by atoms with van der Waals surface area (Å²) in [6, 6.07) is 7.82. The summed E-state index contributed by atoms with van der Waals surface area (Å²) in [7, 11) is 0. The fourth-order valence-corrected chi connectivity index (χ4v) is 4.25. The lowest BCUT2D eigenvalue weighted by Crippen LogP contribution is -2.49. The Morgan fingerprint density at radius 3 is 2.37 bits per heavy atom. The smallest absolute Gasteiger partial charge is 0.236 e. The van der Waals surface area contributed by atoms with Gasteiger partial charge in [0.25, 0.3) is 0 Å². The third-order valence-corrected chi connectivity index (χ3v) is 6.16. The summed E-state index contributed by atoms with van der Waals surface area (Å²) in [6.45, 7) is 10.8. The van der Waals surface area contributed by atoms with Crippen LogP contribution in [0.5, 0.6) is 0 Å². The van der Waals surface area contributed by atoms with Gasteiger partial charge in [-0.1, -0.05) is 23.7 Å². The van der Waals surface area contributed by atoms with E-state index in [1.165, 1.54) is 0 Å². The number of hydrogen-bond donors (Lipinski definition) is 0. The Morgan fingerprint density at radius 1 is 1.11 bits per heavy atom. The van der Waals surface area contributed by atoms with E-state index in [9.17, 15) is 4.79 Å². The van der Waals surface area contributed by atoms with Crippen LogP contribution in [0.2, 0.25) is 5.02 Å². The van der Waals surface area contributed by atoms with E-state index in [-0.39, 0.29) is 5.91 Å². The summed E-state index contributed by atoms with van der Waals surface area (Å²) in [5.74, 6) is 0.237. The van der Waals surface area contributed by atoms with Gasteiger partial charge in [-0.05, 0) is 26.0 Å². The number of amides is 1. The molecular formula is C20H27ClN4OS. The molecule has 1 aromatic carbocycles. The van der Waals surface area contributed by atoms with E-state index in [1.807, 2.05) is 43.0 Å². The Morgan fingerprint density at radius 2 is 1.74 bits per heavy atom. The Hall–Kier alpha value is -1.47. The highest BCUT2D eigenvalue weighted by Crippen LogP contribution is 2.25. The predicted octanol–water partition coefficient (Wildman–Crippen LogP) is 3.45. The van der Waals surface area contributed by atoms with Crippen molar-refractivity contribution < 1.29 is 4.79 Å². The number of rotatable bonds is 7. The van der Waals surface area contributed by atoms with Crippen LogP contribution in [0.25, 0.3) is 10.6 Å². The van der Waals surface area contributed by atoms with E-state index >= 15 is 0 Å². The van der Waals surface area contributed by atoms with Gasteiger partial charge in [-0.2, -0.15) is 0 Å². The molecule has 2 heterocycles. The lowest BCUT2D eigenvalue weighted by atomic mass is 10.2. The Labute approximate surface area is 170 Å². The quantitative estimate of drug-likeness (QED) is 0.706. The number of carbonyl (C=O) groups excluding carboxylic acids is 1. The highest BCUT2D eigenvalue weighted by Gasteiger charge is 2.21. The number of thiazole rings is 1. The van der Waals surface area contributed by atoms with Gasteiger partial charge in [0.05, 0.1) is 12.2 Å². The average Bonchev–Trinajstić information content (AvgIpc) is 3.13. The Kier molecular flexibility index (Phi) is 7.24. The summed E-state index contributed by atoms with van der Waals surface area (Å²) in [4.78, 5) is 23.6. The first-order chi connectivity index (χ1) is 13.1. The predicted molar refractivity (Wildman–Crippen MR) is 112 cm³/mol. The van der Waals surface area contributed by atoms with Crippen molar-refractivity contribution in [3.05, 3.63) is 40.4 Å². The molecule has 1 aliphatic rings. The van der Waals surface area contributed by atoms with Crippen molar-refractivity contribution in [3.8, 4) is 10.6 Å². The topological polar surface area (TPSA) is 39.7 Å². The van der Waals surface area contributed by atoms with Crippen LogP contribution in [0.15, 0.2) is 29.6 Å². The first kappa shape index (κ1) is 20.3. The molecule has 1 aliphatic heterocycles. The van der Waals surface area contributed by atoms with Crippen LogP contribution in [0.3, 0.4) is 0 Å². The summed E-state index contributed by atoms with van der Waals surface area (Å²) < 4.78 is 0. The van der Waals surface area contributed by atoms with Crippen molar-refractivity contribution in [2.24, 2.45) is 0 Å². The van der Waals surface area contributed by atoms with E-state index in [0.29, 0.717) is 6.54 Å². The van der Waals surface area contributed by atoms with Gasteiger partial charge in [-0.3, -0.25) is 14.6 Å². The number of nitrogens with zero attached hydrogens (tertiary/aromatic N) is 4. The standard InChI is InChI=1S/C20H27ClN4OS/c1-3-25(4-2)19(26)14-24-11-9-23(10-12-24)13-18-15-27-20(22-18)16-5-7-17(21)8-6-16/h5-8,15H,3-4,9-14H2,1-2H3. The molecule has 0 atom stereocenters. The summed E-state index contributed by atoms with van der Waals surface area (Å²) in [5, 5.41) is 3.92. The number of likely N-dealkylation sites (N-methyl/N-ethyl adjacent to an activating group) is 1. The zero-order valence-corrected chi connectivity index (χ0v) is 17.6. The van der Waals surface area contributed by atoms with Gasteiger partial charge in [-0.25, -0.2) is 4.98 Å². The minimum absolute atomic E-state index is 0.237. The number of aromatic nitrogens is 1. The van der Waals surface area contributed by atoms with Gasteiger partial charge >= 0.3 is 0 Å². The second kappa shape index (κ2) is 9.64. The molecule has 1 fully saturated rings. The van der Waals surface area contributed by atoms with Crippen molar-refractivity contribution >= 4 is 28.8 Å². The molecule has 0 N–H and O–H groups in total. The fraction of sp³-hybridized carbons (Fsp3) is 0.500. The maximum atomic E-state index is 12.3. The number of benzene rings is 1. The van der Waals surface area contributed by atoms with Gasteiger partial charge in [-0.15, -0.1) is 11.3 Å². The van der Waals surface area contributed by atoms with Crippen molar-refractivity contribution in [1.82, 2.24) is 19.7 Å². The van der Waals surface area contributed by atoms with E-state index < -0.39 is 0 Å². The molecule has 0 bridgehead atoms. The van der Waals surface area contributed by atoms with Crippen LogP contribution in [0.1, 0.15) is 19.5 Å². The summed E-state index contributed by atoms with van der Waals surface area (Å²) >= 11 is 7.63. The molecule has 27 heavy (non-hydrogen) atoms. The second-order valence-corrected chi connectivity index (χ2v) is 8.06. The Bertz CT molecular complexity index is 737. The molecule has 5 nitrogen and oxygen atoms in total. The average molecular weight is 407 g/mol. The molecule has 3 rings (SSSR count). The van der Waals surface area contributed by atoms with Crippen molar-refractivity contribution in [1.29, 1.82) is 0 Å². The zero-order valence-electron chi connectivity index (χ0n) is 16.0. The SMILES string of the molecule is CCN(CC)C(=O)CN1CCN(Cc2csc(-c3ccc(Cl)cc3)n2)CC1. The molecule has 7 heteroatoms. The number of piperazine rings is 1. The maximum Gasteiger partial charge on any atom is 0.236 e. The van der Waals surface area contributed by atoms with Gasteiger partial charge in [0.15, 0.2) is 0 Å². The van der Waals surface area contributed by atoms with Gasteiger partial charge < -0.3 is 4.90 Å². The molecular weight excluding hydrogens is 380 g/mol. The minimum atomic E-state index is 0.237. The van der Waals surface area contributed by atoms with E-state index in [4.69, 9.17) is 16.6 Å². The molecule has 1 aromatic heterocycles. The number of hydrogen-bond acceptors (Lipinski definition) is 5. The van der Waals surface area contributed by atoms with Crippen LogP contribution in [-0.4, -0.2) is 71.4 Å². The van der Waals surface area contributed by atoms with Gasteiger partial charge in [0, 0.05) is 61.8 Å². The molecule has 146 valence electrons. The van der Waals surface area contributed by atoms with Crippen LogP contribution in [0.4, 0.5) is 0 Å². The molecule has 1 saturated heterocycles. The lowest BCUT2D eigenvalue weighted by molar-refractivity contribution is -0.132. The van der Waals surface area contributed by atoms with Crippen LogP contribution in [0, 0.1) is 0 Å². The highest BCUT2D eigenvalue weighted by atomic mass is 35.5. The Balaban J connectivity index is 1.48. The monoisotopic (exact) mass is 406 g/mol. The van der Waals surface area contributed by atoms with Crippen molar-refractivity contribution in [3.63, 3.8) is 0 Å². The molecule has 0 unspecified atom stereocenters. The fourth-order valence-electron chi connectivity index (χ4n) is 3.31. The van der Waals surface area contributed by atoms with Crippen molar-refractivity contribution in [2.45, 2.75) is 20.4 Å². The number of halogens is 1. The number of carbonyl (C=O) groups is 1. The highest BCUT2D eigenvalue weighted by molar-refractivity contribution is 7.13. The van der Waals surface area contributed by atoms with Crippen LogP contribution in [-0.2, 0) is 11.3 Å². The third-order valence-electron chi connectivity index (χ3n) is 4.97. The normalized spacial score (nSPS) is 15.8. The minimum Gasteiger partial charge on any atom is -0.342 e. The molecule has 2 aromatic rings. The summed E-state index contributed by atoms with van der Waals surface area (Å²) in [6.07, 6.45) is 0. The van der Waals surface area contributed by atoms with E-state index in [2.05, 4.69) is 15.2 Å².